The molecule has 0 amide bonds. The molecule has 0 aromatic rings. The Hall–Kier alpha value is -0.110. The van der Waals surface area contributed by atoms with E-state index in [0.717, 1.165) is 19.5 Å². The number of halogens is 1. The largest absolute Gasteiger partial charge is 0.316 e. The topological polar surface area (TPSA) is 12.0 Å². The molecule has 1 aliphatic carbocycles. The van der Waals surface area contributed by atoms with Crippen molar-refractivity contribution >= 4 is 0 Å². The highest BCUT2D eigenvalue weighted by Crippen LogP contribution is 2.43. The third-order valence-corrected chi connectivity index (χ3v) is 3.48. The van der Waals surface area contributed by atoms with Crippen LogP contribution in [0.25, 0.3) is 0 Å². The van der Waals surface area contributed by atoms with Crippen LogP contribution in [0.5, 0.6) is 0 Å². The highest BCUT2D eigenvalue weighted by atomic mass is 19.1. The van der Waals surface area contributed by atoms with Crippen LogP contribution in [0.4, 0.5) is 4.39 Å². The van der Waals surface area contributed by atoms with Crippen molar-refractivity contribution in [3.63, 3.8) is 0 Å². The molecule has 0 aromatic carbocycles. The molecular formula is C9H16FN. The first-order valence-electron chi connectivity index (χ1n) is 4.64. The van der Waals surface area contributed by atoms with Crippen molar-refractivity contribution < 1.29 is 4.39 Å². The Morgan fingerprint density at radius 1 is 1.45 bits per heavy atom. The van der Waals surface area contributed by atoms with Gasteiger partial charge in [0.1, 0.15) is 0 Å². The van der Waals surface area contributed by atoms with Crippen molar-refractivity contribution in [1.82, 2.24) is 5.32 Å². The lowest BCUT2D eigenvalue weighted by atomic mass is 9.69. The zero-order valence-corrected chi connectivity index (χ0v) is 6.91. The number of hydrogen-bond acceptors (Lipinski definition) is 1. The van der Waals surface area contributed by atoms with E-state index < -0.39 is 0 Å². The van der Waals surface area contributed by atoms with Gasteiger partial charge in [-0.25, -0.2) is 0 Å². The fraction of sp³-hybridized carbons (Fsp3) is 1.00. The first kappa shape index (κ1) is 7.53. The second kappa shape index (κ2) is 2.74. The predicted molar refractivity (Wildman–Crippen MR) is 43.2 cm³/mol. The molecule has 2 fully saturated rings. The Morgan fingerprint density at radius 2 is 2.36 bits per heavy atom. The van der Waals surface area contributed by atoms with E-state index in [1.54, 1.807) is 0 Å². The van der Waals surface area contributed by atoms with Gasteiger partial charge in [-0.05, 0) is 25.3 Å². The molecule has 2 rings (SSSR count). The maximum Gasteiger partial charge on any atom is 0.0965 e. The predicted octanol–water partition coefficient (Wildman–Crippen LogP) is 1.74. The van der Waals surface area contributed by atoms with Crippen LogP contribution >= 0.6 is 0 Å². The molecule has 1 saturated heterocycles. The zero-order valence-electron chi connectivity index (χ0n) is 6.91. The third-order valence-electron chi connectivity index (χ3n) is 3.48. The Bertz CT molecular complexity index is 148. The molecule has 1 aliphatic heterocycles. The minimum atomic E-state index is -0.106. The molecule has 2 aliphatic rings. The molecule has 1 heterocycles. The molecule has 0 spiro atoms. The van der Waals surface area contributed by atoms with Crippen molar-refractivity contribution in [3.05, 3.63) is 0 Å². The lowest BCUT2D eigenvalue weighted by Gasteiger charge is -2.35. The molecule has 0 aromatic heterocycles. The first-order chi connectivity index (χ1) is 5.37. The molecule has 1 N–H and O–H groups in total. The van der Waals surface area contributed by atoms with Gasteiger partial charge in [0, 0.05) is 12.0 Å². The number of hydrogen-bond donors (Lipinski definition) is 1. The number of fused-ring (bicyclic) bond motifs is 1. The standard InChI is InChI=1S/C9H16FN/c10-6-9-4-2-1-3-8(9)5-11-7-9/h8,11H,1-7H2. The van der Waals surface area contributed by atoms with Gasteiger partial charge in [-0.1, -0.05) is 12.8 Å². The first-order valence-corrected chi connectivity index (χ1v) is 4.64. The maximum atomic E-state index is 12.8. The average molecular weight is 157 g/mol. The summed E-state index contributed by atoms with van der Waals surface area (Å²) >= 11 is 0. The summed E-state index contributed by atoms with van der Waals surface area (Å²) in [5.41, 5.74) is 0.0538. The summed E-state index contributed by atoms with van der Waals surface area (Å²) in [6, 6.07) is 0. The van der Waals surface area contributed by atoms with Gasteiger partial charge >= 0.3 is 0 Å². The van der Waals surface area contributed by atoms with Crippen LogP contribution < -0.4 is 5.32 Å². The fourth-order valence-electron chi connectivity index (χ4n) is 2.65. The van der Waals surface area contributed by atoms with Gasteiger partial charge in [-0.15, -0.1) is 0 Å². The van der Waals surface area contributed by atoms with Crippen molar-refractivity contribution in [2.45, 2.75) is 25.7 Å². The van der Waals surface area contributed by atoms with Gasteiger partial charge in [-0.3, -0.25) is 4.39 Å². The highest BCUT2D eigenvalue weighted by molar-refractivity contribution is 4.96. The monoisotopic (exact) mass is 157 g/mol. The van der Waals surface area contributed by atoms with Gasteiger partial charge in [0.25, 0.3) is 0 Å². The molecule has 0 bridgehead atoms. The SMILES string of the molecule is FCC12CCCCC1CNC2. The molecule has 2 atom stereocenters. The van der Waals surface area contributed by atoms with E-state index in [0.29, 0.717) is 5.92 Å². The second-order valence-corrected chi connectivity index (χ2v) is 4.07. The molecule has 1 saturated carbocycles. The second-order valence-electron chi connectivity index (χ2n) is 4.07. The van der Waals surface area contributed by atoms with Crippen LogP contribution in [-0.4, -0.2) is 19.8 Å². The zero-order chi connectivity index (χ0) is 7.73. The number of rotatable bonds is 1. The van der Waals surface area contributed by atoms with Crippen LogP contribution in [0.15, 0.2) is 0 Å². The summed E-state index contributed by atoms with van der Waals surface area (Å²) in [5.74, 6) is 0.640. The van der Waals surface area contributed by atoms with Gasteiger partial charge in [0.05, 0.1) is 6.67 Å². The lowest BCUT2D eigenvalue weighted by Crippen LogP contribution is -2.35. The van der Waals surface area contributed by atoms with E-state index in [9.17, 15) is 4.39 Å². The van der Waals surface area contributed by atoms with Gasteiger partial charge in [0.2, 0.25) is 0 Å². The van der Waals surface area contributed by atoms with Gasteiger partial charge in [0.15, 0.2) is 0 Å². The summed E-state index contributed by atoms with van der Waals surface area (Å²) < 4.78 is 12.8. The number of nitrogens with one attached hydrogen (secondary N) is 1. The van der Waals surface area contributed by atoms with Gasteiger partial charge < -0.3 is 5.32 Å². The minimum absolute atomic E-state index is 0.0538. The summed E-state index contributed by atoms with van der Waals surface area (Å²) in [6.07, 6.45) is 4.91. The lowest BCUT2D eigenvalue weighted by molar-refractivity contribution is 0.109. The van der Waals surface area contributed by atoms with Crippen molar-refractivity contribution in [2.24, 2.45) is 11.3 Å². The van der Waals surface area contributed by atoms with Crippen LogP contribution in [0.2, 0.25) is 0 Å². The summed E-state index contributed by atoms with van der Waals surface area (Å²) in [6.45, 7) is 1.88. The number of alkyl halides is 1. The molecule has 2 heteroatoms. The summed E-state index contributed by atoms with van der Waals surface area (Å²) in [5, 5.41) is 3.32. The Kier molecular flexibility index (Phi) is 1.88. The quantitative estimate of drug-likeness (QED) is 0.611. The Morgan fingerprint density at radius 3 is 3.09 bits per heavy atom. The minimum Gasteiger partial charge on any atom is -0.316 e. The van der Waals surface area contributed by atoms with Crippen molar-refractivity contribution in [2.75, 3.05) is 19.8 Å². The average Bonchev–Trinajstić information content (AvgIpc) is 2.48. The Balaban J connectivity index is 2.12. The van der Waals surface area contributed by atoms with E-state index in [1.165, 1.54) is 19.3 Å². The molecule has 64 valence electrons. The normalized spacial score (nSPS) is 43.9. The van der Waals surface area contributed by atoms with Crippen LogP contribution in [0.3, 0.4) is 0 Å². The Labute approximate surface area is 67.4 Å². The van der Waals surface area contributed by atoms with Crippen LogP contribution in [-0.2, 0) is 0 Å². The van der Waals surface area contributed by atoms with Crippen molar-refractivity contribution in [1.29, 1.82) is 0 Å². The van der Waals surface area contributed by atoms with E-state index in [1.807, 2.05) is 0 Å². The van der Waals surface area contributed by atoms with Crippen LogP contribution in [0, 0.1) is 11.3 Å². The molecule has 1 nitrogen and oxygen atoms in total. The van der Waals surface area contributed by atoms with E-state index in [2.05, 4.69) is 5.32 Å². The molecule has 0 radical (unpaired) electrons. The molecular weight excluding hydrogens is 141 g/mol. The molecule has 11 heavy (non-hydrogen) atoms. The maximum absolute atomic E-state index is 12.8. The third kappa shape index (κ3) is 1.08. The van der Waals surface area contributed by atoms with E-state index >= 15 is 0 Å². The van der Waals surface area contributed by atoms with Gasteiger partial charge in [-0.2, -0.15) is 0 Å². The summed E-state index contributed by atoms with van der Waals surface area (Å²) in [7, 11) is 0. The fourth-order valence-corrected chi connectivity index (χ4v) is 2.65. The van der Waals surface area contributed by atoms with E-state index in [4.69, 9.17) is 0 Å². The van der Waals surface area contributed by atoms with Crippen molar-refractivity contribution in [3.8, 4) is 0 Å². The van der Waals surface area contributed by atoms with Crippen LogP contribution in [0.1, 0.15) is 25.7 Å². The summed E-state index contributed by atoms with van der Waals surface area (Å²) in [4.78, 5) is 0. The molecule has 2 unspecified atom stereocenters. The smallest absolute Gasteiger partial charge is 0.0965 e. The highest BCUT2D eigenvalue weighted by Gasteiger charge is 2.44. The van der Waals surface area contributed by atoms with E-state index in [-0.39, 0.29) is 12.1 Å².